The maximum Gasteiger partial charge on any atom is 0.498 e. The second-order valence-corrected chi connectivity index (χ2v) is 6.65. The molecule has 6 heteroatoms. The van der Waals surface area contributed by atoms with Crippen LogP contribution in [0.1, 0.15) is 47.4 Å². The minimum Gasteiger partial charge on any atom is -0.399 e. The molecule has 0 spiro atoms. The molecule has 2 N–H and O–H groups in total. The molecule has 1 aliphatic rings. The Morgan fingerprint density at radius 1 is 1.05 bits per heavy atom. The Kier molecular flexibility index (Phi) is 3.24. The Hall–Kier alpha value is -0.975. The summed E-state index contributed by atoms with van der Waals surface area (Å²) < 4.78 is 11.9. The average molecular weight is 263 g/mol. The first kappa shape index (κ1) is 14.4. The molecule has 2 rings (SSSR count). The van der Waals surface area contributed by atoms with E-state index in [4.69, 9.17) is 15.0 Å². The predicted molar refractivity (Wildman–Crippen MR) is 75.0 cm³/mol. The molecule has 1 aromatic rings. The zero-order chi connectivity index (χ0) is 14.5. The van der Waals surface area contributed by atoms with Crippen molar-refractivity contribution in [2.24, 2.45) is 5.73 Å². The van der Waals surface area contributed by atoms with E-state index in [9.17, 15) is 0 Å². The molecule has 0 aliphatic carbocycles. The highest BCUT2D eigenvalue weighted by atomic mass is 16.7. The third-order valence-corrected chi connectivity index (χ3v) is 3.77. The van der Waals surface area contributed by atoms with Gasteiger partial charge in [0.1, 0.15) is 5.82 Å². The van der Waals surface area contributed by atoms with Crippen LogP contribution in [0.4, 0.5) is 0 Å². The van der Waals surface area contributed by atoms with E-state index in [2.05, 4.69) is 9.97 Å². The highest BCUT2D eigenvalue weighted by Gasteiger charge is 2.51. The summed E-state index contributed by atoms with van der Waals surface area (Å²) in [4.78, 5) is 8.59. The summed E-state index contributed by atoms with van der Waals surface area (Å²) in [5, 5.41) is 0. The van der Waals surface area contributed by atoms with E-state index in [-0.39, 0.29) is 11.2 Å². The second kappa shape index (κ2) is 4.26. The standard InChI is InChI=1S/C13H22BN3O2/c1-11(2,15)10-16-7-9(8-17-10)14-18-12(3,4)13(5,6)19-14/h7-8H,15H2,1-6H3. The first-order chi connectivity index (χ1) is 8.53. The fourth-order valence-corrected chi connectivity index (χ4v) is 1.77. The van der Waals surface area contributed by atoms with Crippen molar-refractivity contribution in [1.29, 1.82) is 0 Å². The van der Waals surface area contributed by atoms with Gasteiger partial charge in [-0.1, -0.05) is 0 Å². The van der Waals surface area contributed by atoms with Crippen molar-refractivity contribution in [3.8, 4) is 0 Å². The van der Waals surface area contributed by atoms with Crippen molar-refractivity contribution in [3.63, 3.8) is 0 Å². The Bertz CT molecular complexity index is 450. The molecule has 1 aromatic heterocycles. The third kappa shape index (κ3) is 2.66. The summed E-state index contributed by atoms with van der Waals surface area (Å²) in [6.07, 6.45) is 3.44. The Morgan fingerprint density at radius 3 is 1.84 bits per heavy atom. The van der Waals surface area contributed by atoms with E-state index in [1.165, 1.54) is 0 Å². The van der Waals surface area contributed by atoms with Gasteiger partial charge >= 0.3 is 7.12 Å². The normalized spacial score (nSPS) is 21.7. The van der Waals surface area contributed by atoms with Gasteiger partial charge in [0.2, 0.25) is 0 Å². The molecule has 0 aromatic carbocycles. The first-order valence-electron chi connectivity index (χ1n) is 6.50. The molecule has 0 amide bonds. The summed E-state index contributed by atoms with van der Waals surface area (Å²) in [6, 6.07) is 0. The van der Waals surface area contributed by atoms with Gasteiger partial charge in [-0.25, -0.2) is 9.97 Å². The number of rotatable bonds is 2. The largest absolute Gasteiger partial charge is 0.498 e. The van der Waals surface area contributed by atoms with Gasteiger partial charge in [0.05, 0.1) is 16.7 Å². The molecule has 0 unspecified atom stereocenters. The van der Waals surface area contributed by atoms with Crippen LogP contribution in [0.3, 0.4) is 0 Å². The molecule has 1 fully saturated rings. The molecule has 0 saturated carbocycles. The second-order valence-electron chi connectivity index (χ2n) is 6.65. The van der Waals surface area contributed by atoms with Gasteiger partial charge in [0, 0.05) is 17.9 Å². The van der Waals surface area contributed by atoms with Crippen molar-refractivity contribution in [1.82, 2.24) is 9.97 Å². The average Bonchev–Trinajstić information content (AvgIpc) is 2.47. The summed E-state index contributed by atoms with van der Waals surface area (Å²) in [7, 11) is -0.431. The maximum atomic E-state index is 5.96. The smallest absolute Gasteiger partial charge is 0.399 e. The maximum absolute atomic E-state index is 5.96. The zero-order valence-electron chi connectivity index (χ0n) is 12.5. The Labute approximate surface area is 115 Å². The zero-order valence-corrected chi connectivity index (χ0v) is 12.5. The molecule has 2 heterocycles. The van der Waals surface area contributed by atoms with Crippen molar-refractivity contribution >= 4 is 12.6 Å². The lowest BCUT2D eigenvalue weighted by atomic mass is 9.81. The topological polar surface area (TPSA) is 70.3 Å². The van der Waals surface area contributed by atoms with E-state index >= 15 is 0 Å². The van der Waals surface area contributed by atoms with Gasteiger partial charge in [-0.05, 0) is 41.5 Å². The number of nitrogens with zero attached hydrogens (tertiary/aromatic N) is 2. The quantitative estimate of drug-likeness (QED) is 0.805. The van der Waals surface area contributed by atoms with Crippen molar-refractivity contribution < 1.29 is 9.31 Å². The summed E-state index contributed by atoms with van der Waals surface area (Å²) >= 11 is 0. The van der Waals surface area contributed by atoms with Gasteiger partial charge in [-0.3, -0.25) is 0 Å². The molecule has 104 valence electrons. The molecule has 1 saturated heterocycles. The van der Waals surface area contributed by atoms with Crippen LogP contribution in [0, 0.1) is 0 Å². The molecule has 19 heavy (non-hydrogen) atoms. The molecular formula is C13H22BN3O2. The van der Waals surface area contributed by atoms with Crippen LogP contribution in [-0.4, -0.2) is 28.3 Å². The van der Waals surface area contributed by atoms with E-state index in [0.29, 0.717) is 5.82 Å². The third-order valence-electron chi connectivity index (χ3n) is 3.77. The molecule has 0 bridgehead atoms. The molecule has 5 nitrogen and oxygen atoms in total. The van der Waals surface area contributed by atoms with Crippen molar-refractivity contribution in [2.75, 3.05) is 0 Å². The lowest BCUT2D eigenvalue weighted by Gasteiger charge is -2.32. The van der Waals surface area contributed by atoms with Crippen molar-refractivity contribution in [2.45, 2.75) is 58.3 Å². The van der Waals surface area contributed by atoms with Crippen LogP contribution in [-0.2, 0) is 14.8 Å². The molecule has 1 aliphatic heterocycles. The summed E-state index contributed by atoms with van der Waals surface area (Å²) in [5.74, 6) is 0.604. The lowest BCUT2D eigenvalue weighted by Crippen LogP contribution is -2.41. The minimum absolute atomic E-state index is 0.358. The summed E-state index contributed by atoms with van der Waals surface area (Å²) in [5.41, 5.74) is 5.51. The van der Waals surface area contributed by atoms with E-state index in [1.807, 2.05) is 41.5 Å². The number of hydrogen-bond donors (Lipinski definition) is 1. The van der Waals surface area contributed by atoms with Gasteiger partial charge < -0.3 is 15.0 Å². The number of aromatic nitrogens is 2. The number of nitrogens with two attached hydrogens (primary N) is 1. The van der Waals surface area contributed by atoms with Gasteiger partial charge in [0.25, 0.3) is 0 Å². The predicted octanol–water partition coefficient (Wildman–Crippen LogP) is 0.970. The summed E-state index contributed by atoms with van der Waals surface area (Å²) in [6.45, 7) is 11.8. The van der Waals surface area contributed by atoms with Crippen LogP contribution in [0.25, 0.3) is 0 Å². The van der Waals surface area contributed by atoms with Crippen LogP contribution in [0.2, 0.25) is 0 Å². The monoisotopic (exact) mass is 263 g/mol. The minimum atomic E-state index is -0.547. The first-order valence-corrected chi connectivity index (χ1v) is 6.50. The van der Waals surface area contributed by atoms with Gasteiger partial charge in [-0.2, -0.15) is 0 Å². The fraction of sp³-hybridized carbons (Fsp3) is 0.692. The van der Waals surface area contributed by atoms with Crippen molar-refractivity contribution in [3.05, 3.63) is 18.2 Å². The Balaban J connectivity index is 2.22. The van der Waals surface area contributed by atoms with Gasteiger partial charge in [-0.15, -0.1) is 0 Å². The highest BCUT2D eigenvalue weighted by molar-refractivity contribution is 6.61. The lowest BCUT2D eigenvalue weighted by molar-refractivity contribution is 0.00578. The van der Waals surface area contributed by atoms with Crippen LogP contribution in [0.15, 0.2) is 12.4 Å². The molecule has 0 atom stereocenters. The van der Waals surface area contributed by atoms with E-state index in [1.54, 1.807) is 12.4 Å². The molecular weight excluding hydrogens is 241 g/mol. The number of hydrogen-bond acceptors (Lipinski definition) is 5. The van der Waals surface area contributed by atoms with Gasteiger partial charge in [0.15, 0.2) is 0 Å². The molecule has 0 radical (unpaired) electrons. The van der Waals surface area contributed by atoms with E-state index in [0.717, 1.165) is 5.46 Å². The fourth-order valence-electron chi connectivity index (χ4n) is 1.77. The van der Waals surface area contributed by atoms with Crippen LogP contribution in [0.5, 0.6) is 0 Å². The van der Waals surface area contributed by atoms with Crippen LogP contribution >= 0.6 is 0 Å². The highest BCUT2D eigenvalue weighted by Crippen LogP contribution is 2.36. The Morgan fingerprint density at radius 2 is 1.47 bits per heavy atom. The van der Waals surface area contributed by atoms with Crippen LogP contribution < -0.4 is 11.2 Å². The van der Waals surface area contributed by atoms with E-state index < -0.39 is 12.7 Å². The SMILES string of the molecule is CC(C)(N)c1ncc(B2OC(C)(C)C(C)(C)O2)cn1.